The number of benzene rings is 2. The fraction of sp³-hybridized carbons (Fsp3) is 0.294. The Kier molecular flexibility index (Phi) is 3.67. The van der Waals surface area contributed by atoms with Crippen LogP contribution in [0.2, 0.25) is 0 Å². The standard InChI is InChI=1S/C17H18BrNO/c18-15-7-5-12(6-8-15)16(20)17(11-19)9-13-3-1-2-4-14(13)10-17/h1-8,16,20H,9-11,19H2. The molecule has 0 radical (unpaired) electrons. The minimum absolute atomic E-state index is 0.280. The summed E-state index contributed by atoms with van der Waals surface area (Å²) in [4.78, 5) is 0. The molecule has 3 rings (SSSR count). The van der Waals surface area contributed by atoms with E-state index < -0.39 is 6.10 Å². The third-order valence-corrected chi connectivity index (χ3v) is 4.90. The van der Waals surface area contributed by atoms with Crippen LogP contribution in [0.1, 0.15) is 22.8 Å². The lowest BCUT2D eigenvalue weighted by Gasteiger charge is -2.33. The third-order valence-electron chi connectivity index (χ3n) is 4.38. The highest BCUT2D eigenvalue weighted by Gasteiger charge is 2.42. The molecule has 0 aliphatic heterocycles. The number of hydrogen-bond donors (Lipinski definition) is 2. The van der Waals surface area contributed by atoms with Crippen LogP contribution >= 0.6 is 15.9 Å². The maximum absolute atomic E-state index is 10.8. The van der Waals surface area contributed by atoms with E-state index in [1.807, 2.05) is 24.3 Å². The van der Waals surface area contributed by atoms with Gasteiger partial charge in [-0.25, -0.2) is 0 Å². The van der Waals surface area contributed by atoms with E-state index in [1.165, 1.54) is 11.1 Å². The van der Waals surface area contributed by atoms with Crippen LogP contribution in [0.25, 0.3) is 0 Å². The monoisotopic (exact) mass is 331 g/mol. The zero-order valence-corrected chi connectivity index (χ0v) is 12.8. The van der Waals surface area contributed by atoms with E-state index in [-0.39, 0.29) is 5.41 Å². The summed E-state index contributed by atoms with van der Waals surface area (Å²) >= 11 is 3.43. The summed E-state index contributed by atoms with van der Waals surface area (Å²) in [6.07, 6.45) is 1.15. The Labute approximate surface area is 127 Å². The van der Waals surface area contributed by atoms with Crippen LogP contribution in [0, 0.1) is 5.41 Å². The number of hydrogen-bond acceptors (Lipinski definition) is 2. The number of rotatable bonds is 3. The van der Waals surface area contributed by atoms with Gasteiger partial charge in [0, 0.05) is 16.4 Å². The number of aliphatic hydroxyl groups is 1. The zero-order chi connectivity index (χ0) is 14.2. The van der Waals surface area contributed by atoms with Crippen molar-refractivity contribution in [2.75, 3.05) is 6.54 Å². The van der Waals surface area contributed by atoms with Crippen molar-refractivity contribution >= 4 is 15.9 Å². The molecule has 0 heterocycles. The van der Waals surface area contributed by atoms with Gasteiger partial charge in [-0.05, 0) is 41.7 Å². The minimum Gasteiger partial charge on any atom is -0.388 e. The van der Waals surface area contributed by atoms with Gasteiger partial charge in [-0.3, -0.25) is 0 Å². The lowest BCUT2D eigenvalue weighted by atomic mass is 9.76. The number of halogens is 1. The topological polar surface area (TPSA) is 46.2 Å². The van der Waals surface area contributed by atoms with Crippen LogP contribution in [-0.2, 0) is 12.8 Å². The quantitative estimate of drug-likeness (QED) is 0.907. The first-order valence-corrected chi connectivity index (χ1v) is 7.64. The van der Waals surface area contributed by atoms with Crippen LogP contribution in [0.3, 0.4) is 0 Å². The molecule has 1 aliphatic carbocycles. The first kappa shape index (κ1) is 13.8. The van der Waals surface area contributed by atoms with Gasteiger partial charge in [0.05, 0.1) is 6.10 Å². The van der Waals surface area contributed by atoms with Crippen LogP contribution in [0.4, 0.5) is 0 Å². The molecule has 3 heteroatoms. The predicted molar refractivity (Wildman–Crippen MR) is 84.4 cm³/mol. The second kappa shape index (κ2) is 5.32. The first-order chi connectivity index (χ1) is 9.64. The molecular weight excluding hydrogens is 314 g/mol. The average Bonchev–Trinajstić information content (AvgIpc) is 2.87. The van der Waals surface area contributed by atoms with E-state index in [2.05, 4.69) is 40.2 Å². The maximum atomic E-state index is 10.8. The largest absolute Gasteiger partial charge is 0.388 e. The molecule has 0 saturated heterocycles. The molecule has 1 aliphatic rings. The molecule has 0 saturated carbocycles. The molecule has 0 bridgehead atoms. The van der Waals surface area contributed by atoms with E-state index in [1.54, 1.807) is 0 Å². The van der Waals surface area contributed by atoms with E-state index in [4.69, 9.17) is 5.73 Å². The molecular formula is C17H18BrNO. The second-order valence-electron chi connectivity index (χ2n) is 5.64. The van der Waals surface area contributed by atoms with Crippen LogP contribution in [0.5, 0.6) is 0 Å². The Balaban J connectivity index is 1.93. The Morgan fingerprint density at radius 3 is 2.10 bits per heavy atom. The zero-order valence-electron chi connectivity index (χ0n) is 11.2. The molecule has 0 fully saturated rings. The normalized spacial score (nSPS) is 17.8. The van der Waals surface area contributed by atoms with Crippen molar-refractivity contribution in [3.8, 4) is 0 Å². The van der Waals surface area contributed by atoms with Gasteiger partial charge in [-0.2, -0.15) is 0 Å². The molecule has 0 amide bonds. The van der Waals surface area contributed by atoms with Gasteiger partial charge >= 0.3 is 0 Å². The van der Waals surface area contributed by atoms with Crippen molar-refractivity contribution in [2.24, 2.45) is 11.1 Å². The van der Waals surface area contributed by atoms with Gasteiger partial charge in [0.2, 0.25) is 0 Å². The highest BCUT2D eigenvalue weighted by atomic mass is 79.9. The van der Waals surface area contributed by atoms with E-state index in [9.17, 15) is 5.11 Å². The summed E-state index contributed by atoms with van der Waals surface area (Å²) in [5.74, 6) is 0. The van der Waals surface area contributed by atoms with Gasteiger partial charge in [0.15, 0.2) is 0 Å². The minimum atomic E-state index is -0.534. The molecule has 2 aromatic carbocycles. The third kappa shape index (κ3) is 2.30. The Bertz CT molecular complexity index is 584. The fourth-order valence-electron chi connectivity index (χ4n) is 3.17. The smallest absolute Gasteiger partial charge is 0.0864 e. The van der Waals surface area contributed by atoms with Gasteiger partial charge < -0.3 is 10.8 Å². The van der Waals surface area contributed by atoms with Crippen molar-refractivity contribution in [3.05, 3.63) is 69.7 Å². The Morgan fingerprint density at radius 2 is 1.60 bits per heavy atom. The summed E-state index contributed by atoms with van der Waals surface area (Å²) < 4.78 is 1.02. The summed E-state index contributed by atoms with van der Waals surface area (Å²) in [6, 6.07) is 16.2. The Morgan fingerprint density at radius 1 is 1.05 bits per heavy atom. The lowest BCUT2D eigenvalue weighted by Crippen LogP contribution is -2.37. The summed E-state index contributed by atoms with van der Waals surface area (Å²) in [5.41, 5.74) is 9.33. The Hall–Kier alpha value is -1.16. The van der Waals surface area contributed by atoms with E-state index in [0.717, 1.165) is 22.9 Å². The van der Waals surface area contributed by atoms with Gasteiger partial charge in [0.1, 0.15) is 0 Å². The van der Waals surface area contributed by atoms with Crippen molar-refractivity contribution in [3.63, 3.8) is 0 Å². The number of fused-ring (bicyclic) bond motifs is 1. The molecule has 104 valence electrons. The van der Waals surface area contributed by atoms with Crippen molar-refractivity contribution in [2.45, 2.75) is 18.9 Å². The fourth-order valence-corrected chi connectivity index (χ4v) is 3.44. The second-order valence-corrected chi connectivity index (χ2v) is 6.56. The van der Waals surface area contributed by atoms with Crippen LogP contribution < -0.4 is 5.73 Å². The molecule has 1 unspecified atom stereocenters. The SMILES string of the molecule is NCC1(C(O)c2ccc(Br)cc2)Cc2ccccc2C1. The average molecular weight is 332 g/mol. The summed E-state index contributed by atoms with van der Waals surface area (Å²) in [6.45, 7) is 0.485. The first-order valence-electron chi connectivity index (χ1n) is 6.85. The summed E-state index contributed by atoms with van der Waals surface area (Å²) in [5, 5.41) is 10.8. The maximum Gasteiger partial charge on any atom is 0.0864 e. The van der Waals surface area contributed by atoms with Crippen molar-refractivity contribution < 1.29 is 5.11 Å². The number of nitrogens with two attached hydrogens (primary N) is 1. The highest BCUT2D eigenvalue weighted by molar-refractivity contribution is 9.10. The molecule has 3 N–H and O–H groups in total. The van der Waals surface area contributed by atoms with Crippen molar-refractivity contribution in [1.82, 2.24) is 0 Å². The molecule has 1 atom stereocenters. The molecule has 0 aromatic heterocycles. The van der Waals surface area contributed by atoms with Crippen molar-refractivity contribution in [1.29, 1.82) is 0 Å². The van der Waals surface area contributed by atoms with Crippen LogP contribution in [-0.4, -0.2) is 11.7 Å². The lowest BCUT2D eigenvalue weighted by molar-refractivity contribution is 0.0358. The predicted octanol–water partition coefficient (Wildman–Crippen LogP) is 3.23. The van der Waals surface area contributed by atoms with Crippen LogP contribution in [0.15, 0.2) is 53.0 Å². The van der Waals surface area contributed by atoms with Gasteiger partial charge in [-0.15, -0.1) is 0 Å². The van der Waals surface area contributed by atoms with Gasteiger partial charge in [-0.1, -0.05) is 52.3 Å². The van der Waals surface area contributed by atoms with E-state index in [0.29, 0.717) is 6.54 Å². The molecule has 0 spiro atoms. The highest BCUT2D eigenvalue weighted by Crippen LogP contribution is 2.45. The molecule has 2 aromatic rings. The molecule has 2 nitrogen and oxygen atoms in total. The van der Waals surface area contributed by atoms with Gasteiger partial charge in [0.25, 0.3) is 0 Å². The molecule has 20 heavy (non-hydrogen) atoms. The van der Waals surface area contributed by atoms with E-state index >= 15 is 0 Å². The number of aliphatic hydroxyl groups excluding tert-OH is 1. The summed E-state index contributed by atoms with van der Waals surface area (Å²) in [7, 11) is 0.